The van der Waals surface area contributed by atoms with E-state index < -0.39 is 0 Å². The molecule has 0 unspecified atom stereocenters. The van der Waals surface area contributed by atoms with E-state index in [1.54, 1.807) is 11.3 Å². The third-order valence-corrected chi connectivity index (χ3v) is 7.16. The highest BCUT2D eigenvalue weighted by Crippen LogP contribution is 2.33. The molecule has 6 nitrogen and oxygen atoms in total. The zero-order valence-corrected chi connectivity index (χ0v) is 18.6. The van der Waals surface area contributed by atoms with E-state index in [0.29, 0.717) is 6.54 Å². The zero-order chi connectivity index (χ0) is 21.2. The van der Waals surface area contributed by atoms with Crippen LogP contribution in [0.2, 0.25) is 0 Å². The molecule has 0 saturated carbocycles. The van der Waals surface area contributed by atoms with Gasteiger partial charge in [0.1, 0.15) is 10.8 Å². The zero-order valence-electron chi connectivity index (χ0n) is 17.8. The summed E-state index contributed by atoms with van der Waals surface area (Å²) in [6, 6.07) is 10.2. The summed E-state index contributed by atoms with van der Waals surface area (Å²) >= 11 is 1.60. The van der Waals surface area contributed by atoms with E-state index in [1.807, 2.05) is 30.5 Å². The van der Waals surface area contributed by atoms with Gasteiger partial charge in [-0.3, -0.25) is 4.79 Å². The second-order valence-electron chi connectivity index (χ2n) is 8.38. The van der Waals surface area contributed by atoms with Crippen molar-refractivity contribution in [2.24, 2.45) is 5.92 Å². The van der Waals surface area contributed by atoms with Crippen LogP contribution in [0.1, 0.15) is 41.2 Å². The van der Waals surface area contributed by atoms with Crippen LogP contribution in [0.4, 0.5) is 5.82 Å². The topological polar surface area (TPSA) is 71.0 Å². The first-order valence-electron chi connectivity index (χ1n) is 11.1. The fraction of sp³-hybridized carbons (Fsp3) is 0.417. The van der Waals surface area contributed by atoms with Gasteiger partial charge in [-0.2, -0.15) is 0 Å². The lowest BCUT2D eigenvalue weighted by Crippen LogP contribution is -2.41. The molecule has 3 aromatic rings. The summed E-state index contributed by atoms with van der Waals surface area (Å²) < 4.78 is 0. The number of aryl methyl sites for hydroxylation is 2. The summed E-state index contributed by atoms with van der Waals surface area (Å²) in [5, 5.41) is 6.06. The minimum Gasteiger partial charge on any atom is -0.356 e. The monoisotopic (exact) mass is 433 g/mol. The van der Waals surface area contributed by atoms with Gasteiger partial charge in [-0.1, -0.05) is 30.3 Å². The molecule has 31 heavy (non-hydrogen) atoms. The van der Waals surface area contributed by atoms with Gasteiger partial charge in [0, 0.05) is 46.9 Å². The Morgan fingerprint density at radius 1 is 1.13 bits per heavy atom. The van der Waals surface area contributed by atoms with Gasteiger partial charge in [-0.05, 0) is 39.0 Å². The van der Waals surface area contributed by atoms with Crippen LogP contribution in [-0.4, -0.2) is 33.9 Å². The number of amides is 1. The second kappa shape index (κ2) is 8.75. The average Bonchev–Trinajstić information content (AvgIpc) is 3.46. The number of nitrogens with one attached hydrogen (secondary N) is 1. The van der Waals surface area contributed by atoms with Crippen molar-refractivity contribution in [2.45, 2.75) is 45.6 Å². The van der Waals surface area contributed by atoms with Gasteiger partial charge in [-0.25, -0.2) is 15.0 Å². The van der Waals surface area contributed by atoms with Crippen LogP contribution >= 0.6 is 11.3 Å². The Morgan fingerprint density at radius 2 is 1.94 bits per heavy atom. The Morgan fingerprint density at radius 3 is 2.68 bits per heavy atom. The molecule has 1 aliphatic heterocycles. The van der Waals surface area contributed by atoms with E-state index in [9.17, 15) is 4.79 Å². The summed E-state index contributed by atoms with van der Waals surface area (Å²) in [4.78, 5) is 29.3. The first kappa shape index (κ1) is 20.1. The lowest BCUT2D eigenvalue weighted by atomic mass is 9.95. The Labute approximate surface area is 186 Å². The Bertz CT molecular complexity index is 1070. The summed E-state index contributed by atoms with van der Waals surface area (Å²) in [5.41, 5.74) is 4.57. The highest BCUT2D eigenvalue weighted by Gasteiger charge is 2.29. The fourth-order valence-corrected chi connectivity index (χ4v) is 5.25. The number of carbonyl (C=O) groups excluding carboxylic acids is 1. The van der Waals surface area contributed by atoms with E-state index in [4.69, 9.17) is 9.97 Å². The molecule has 0 bridgehead atoms. The highest BCUT2D eigenvalue weighted by molar-refractivity contribution is 7.09. The number of thiazole rings is 1. The molecule has 0 spiro atoms. The maximum Gasteiger partial charge on any atom is 0.223 e. The van der Waals surface area contributed by atoms with Crippen molar-refractivity contribution in [2.75, 3.05) is 18.0 Å². The molecular formula is C24H27N5OS. The number of aromatic nitrogens is 3. The normalized spacial score (nSPS) is 16.4. The van der Waals surface area contributed by atoms with Crippen LogP contribution < -0.4 is 10.2 Å². The maximum atomic E-state index is 12.7. The number of piperidine rings is 1. The van der Waals surface area contributed by atoms with E-state index in [-0.39, 0.29) is 11.8 Å². The summed E-state index contributed by atoms with van der Waals surface area (Å²) in [6.45, 7) is 4.21. The van der Waals surface area contributed by atoms with Crippen LogP contribution in [0.3, 0.4) is 0 Å². The summed E-state index contributed by atoms with van der Waals surface area (Å²) in [6.07, 6.45) is 4.92. The van der Waals surface area contributed by atoms with Gasteiger partial charge in [0.05, 0.1) is 6.54 Å². The number of carbonyl (C=O) groups is 1. The molecule has 1 fully saturated rings. The molecule has 1 aliphatic carbocycles. The molecule has 2 aromatic heterocycles. The molecule has 1 saturated heterocycles. The van der Waals surface area contributed by atoms with Crippen molar-refractivity contribution >= 4 is 23.1 Å². The van der Waals surface area contributed by atoms with Crippen molar-refractivity contribution in [1.82, 2.24) is 20.3 Å². The highest BCUT2D eigenvalue weighted by atomic mass is 32.1. The number of fused-ring (bicyclic) bond motifs is 1. The molecule has 1 aromatic carbocycles. The predicted octanol–water partition coefficient (Wildman–Crippen LogP) is 3.93. The third kappa shape index (κ3) is 4.32. The number of benzene rings is 1. The first-order valence-corrected chi connectivity index (χ1v) is 11.9. The Balaban J connectivity index is 1.27. The Kier molecular flexibility index (Phi) is 5.68. The first-order chi connectivity index (χ1) is 15.2. The van der Waals surface area contributed by atoms with Crippen molar-refractivity contribution < 1.29 is 4.79 Å². The number of rotatable bonds is 5. The van der Waals surface area contributed by atoms with Gasteiger partial charge in [-0.15, -0.1) is 11.3 Å². The van der Waals surface area contributed by atoms with Crippen LogP contribution in [0.25, 0.3) is 11.4 Å². The molecule has 1 amide bonds. The van der Waals surface area contributed by atoms with Gasteiger partial charge < -0.3 is 10.2 Å². The van der Waals surface area contributed by atoms with E-state index in [1.165, 1.54) is 11.3 Å². The molecular weight excluding hydrogens is 406 g/mol. The fourth-order valence-electron chi connectivity index (χ4n) is 4.53. The molecule has 1 N–H and O–H groups in total. The standard InChI is InChI=1S/C24H27N5OS/c1-16-15-31-21(26-16)14-25-24(30)18-10-12-29(13-11-18)23-19-8-5-9-20(19)27-22(28-23)17-6-3-2-4-7-17/h2-4,6-7,15,18H,5,8-14H2,1H3,(H,25,30). The van der Waals surface area contributed by atoms with Crippen LogP contribution in [0, 0.1) is 12.8 Å². The SMILES string of the molecule is Cc1csc(CNC(=O)C2CCN(c3nc(-c4ccccc4)nc4c3CCC4)CC2)n1. The number of hydrogen-bond donors (Lipinski definition) is 1. The van der Waals surface area contributed by atoms with E-state index >= 15 is 0 Å². The van der Waals surface area contributed by atoms with Crippen molar-refractivity contribution in [3.05, 3.63) is 57.7 Å². The molecule has 2 aliphatic rings. The molecule has 5 rings (SSSR count). The van der Waals surface area contributed by atoms with E-state index in [0.717, 1.165) is 73.1 Å². The van der Waals surface area contributed by atoms with Gasteiger partial charge in [0.15, 0.2) is 5.82 Å². The van der Waals surface area contributed by atoms with Crippen LogP contribution in [0.5, 0.6) is 0 Å². The minimum absolute atomic E-state index is 0.0563. The van der Waals surface area contributed by atoms with Crippen molar-refractivity contribution in [1.29, 1.82) is 0 Å². The molecule has 160 valence electrons. The van der Waals surface area contributed by atoms with Gasteiger partial charge >= 0.3 is 0 Å². The van der Waals surface area contributed by atoms with Crippen molar-refractivity contribution in [3.63, 3.8) is 0 Å². The molecule has 3 heterocycles. The number of nitrogens with zero attached hydrogens (tertiary/aromatic N) is 4. The predicted molar refractivity (Wildman–Crippen MR) is 123 cm³/mol. The largest absolute Gasteiger partial charge is 0.356 e. The molecule has 0 radical (unpaired) electrons. The van der Waals surface area contributed by atoms with E-state index in [2.05, 4.69) is 27.3 Å². The summed E-state index contributed by atoms with van der Waals surface area (Å²) in [5.74, 6) is 2.10. The third-order valence-electron chi connectivity index (χ3n) is 6.19. The molecule has 0 atom stereocenters. The summed E-state index contributed by atoms with van der Waals surface area (Å²) in [7, 11) is 0. The lowest BCUT2D eigenvalue weighted by Gasteiger charge is -2.33. The minimum atomic E-state index is 0.0563. The Hall–Kier alpha value is -2.80. The average molecular weight is 434 g/mol. The van der Waals surface area contributed by atoms with Crippen LogP contribution in [-0.2, 0) is 24.2 Å². The molecule has 7 heteroatoms. The van der Waals surface area contributed by atoms with Gasteiger partial charge in [0.2, 0.25) is 5.91 Å². The maximum absolute atomic E-state index is 12.7. The van der Waals surface area contributed by atoms with Gasteiger partial charge in [0.25, 0.3) is 0 Å². The smallest absolute Gasteiger partial charge is 0.223 e. The second-order valence-corrected chi connectivity index (χ2v) is 9.32. The number of hydrogen-bond acceptors (Lipinski definition) is 6. The van der Waals surface area contributed by atoms with Crippen molar-refractivity contribution in [3.8, 4) is 11.4 Å². The quantitative estimate of drug-likeness (QED) is 0.660. The lowest BCUT2D eigenvalue weighted by molar-refractivity contribution is -0.125. The van der Waals surface area contributed by atoms with Crippen LogP contribution in [0.15, 0.2) is 35.7 Å². The number of anilines is 1.